The molecule has 17 heavy (non-hydrogen) atoms. The Labute approximate surface area is 123 Å². The topological polar surface area (TPSA) is 0 Å². The van der Waals surface area contributed by atoms with Gasteiger partial charge in [0, 0.05) is 0 Å². The standard InChI is InChI=1S/C11H11.C5H5.Zr/c1-8-3-6-11-9(2)4-5-10(11)7-8;1-2-4-5-3-1;/h3,5-7,9H,1-2H3;1-3H,4H2;/q2*-1;+2. The van der Waals surface area contributed by atoms with Gasteiger partial charge in [-0.2, -0.15) is 11.6 Å². The predicted molar refractivity (Wildman–Crippen MR) is 68.9 cm³/mol. The van der Waals surface area contributed by atoms with Crippen LogP contribution in [0, 0.1) is 19.1 Å². The van der Waals surface area contributed by atoms with Crippen LogP contribution in [0.5, 0.6) is 0 Å². The van der Waals surface area contributed by atoms with Gasteiger partial charge in [0.1, 0.15) is 0 Å². The molecule has 0 radical (unpaired) electrons. The van der Waals surface area contributed by atoms with E-state index in [0.29, 0.717) is 5.92 Å². The van der Waals surface area contributed by atoms with Crippen molar-refractivity contribution in [2.24, 2.45) is 0 Å². The van der Waals surface area contributed by atoms with E-state index in [0.717, 1.165) is 6.42 Å². The van der Waals surface area contributed by atoms with Gasteiger partial charge >= 0.3 is 26.2 Å². The molecule has 0 heterocycles. The van der Waals surface area contributed by atoms with Crippen molar-refractivity contribution in [3.63, 3.8) is 0 Å². The Morgan fingerprint density at radius 3 is 2.71 bits per heavy atom. The minimum absolute atomic E-state index is 0. The predicted octanol–water partition coefficient (Wildman–Crippen LogP) is 4.23. The maximum absolute atomic E-state index is 3.29. The zero-order valence-electron chi connectivity index (χ0n) is 10.3. The smallest absolute Gasteiger partial charge is 0.273 e. The van der Waals surface area contributed by atoms with Crippen molar-refractivity contribution < 1.29 is 26.2 Å². The zero-order valence-corrected chi connectivity index (χ0v) is 12.8. The van der Waals surface area contributed by atoms with E-state index in [-0.39, 0.29) is 26.2 Å². The van der Waals surface area contributed by atoms with E-state index >= 15 is 0 Å². The molecule has 0 nitrogen and oxygen atoms in total. The molecular weight excluding hydrogens is 283 g/mol. The molecule has 0 saturated heterocycles. The van der Waals surface area contributed by atoms with Crippen LogP contribution in [0.25, 0.3) is 6.08 Å². The van der Waals surface area contributed by atoms with Gasteiger partial charge in [0.05, 0.1) is 0 Å². The third-order valence-electron chi connectivity index (χ3n) is 2.78. The summed E-state index contributed by atoms with van der Waals surface area (Å²) in [4.78, 5) is 0. The van der Waals surface area contributed by atoms with Crippen LogP contribution in [0.3, 0.4) is 0 Å². The first-order valence-corrected chi connectivity index (χ1v) is 5.69. The SMILES string of the molecule is Cc1ccc2c(c1)C=[C-]C2C.[C-]1=CC=CC1.[Zr+2]. The molecule has 3 rings (SSSR count). The normalized spacial score (nSPS) is 18.4. The second-order valence-electron chi connectivity index (χ2n) is 4.17. The van der Waals surface area contributed by atoms with Crippen molar-refractivity contribution in [2.45, 2.75) is 26.2 Å². The molecular formula is C16H16Zr. The first-order valence-electron chi connectivity index (χ1n) is 5.69. The molecule has 1 unspecified atom stereocenters. The summed E-state index contributed by atoms with van der Waals surface area (Å²) in [5.41, 5.74) is 4.09. The van der Waals surface area contributed by atoms with E-state index in [1.54, 1.807) is 0 Å². The fraction of sp³-hybridized carbons (Fsp3) is 0.250. The van der Waals surface area contributed by atoms with Crippen LogP contribution in [0.4, 0.5) is 0 Å². The third kappa shape index (κ3) is 3.93. The van der Waals surface area contributed by atoms with Crippen LogP contribution in [-0.4, -0.2) is 0 Å². The van der Waals surface area contributed by atoms with Gasteiger partial charge in [-0.3, -0.25) is 12.2 Å². The number of aryl methyl sites for hydroxylation is 1. The molecule has 84 valence electrons. The molecule has 0 aliphatic heterocycles. The molecule has 1 aromatic rings. The van der Waals surface area contributed by atoms with Gasteiger partial charge in [-0.15, -0.1) is 18.1 Å². The fourth-order valence-electron chi connectivity index (χ4n) is 1.86. The van der Waals surface area contributed by atoms with Gasteiger partial charge in [-0.25, -0.2) is 18.2 Å². The van der Waals surface area contributed by atoms with Crippen molar-refractivity contribution in [3.05, 3.63) is 65.3 Å². The maximum atomic E-state index is 3.29. The van der Waals surface area contributed by atoms with Crippen molar-refractivity contribution in [1.82, 2.24) is 0 Å². The average Bonchev–Trinajstić information content (AvgIpc) is 2.92. The molecule has 2 aliphatic rings. The minimum atomic E-state index is 0. The molecule has 0 N–H and O–H groups in total. The summed E-state index contributed by atoms with van der Waals surface area (Å²) in [5, 5.41) is 0. The number of hydrogen-bond acceptors (Lipinski definition) is 0. The number of hydrogen-bond donors (Lipinski definition) is 0. The number of fused-ring (bicyclic) bond motifs is 1. The summed E-state index contributed by atoms with van der Waals surface area (Å²) < 4.78 is 0. The number of allylic oxidation sites excluding steroid dienone is 5. The molecule has 0 amide bonds. The van der Waals surface area contributed by atoms with Crippen LogP contribution in [0.2, 0.25) is 0 Å². The Balaban J connectivity index is 0.000000205. The molecule has 0 spiro atoms. The molecule has 1 aromatic carbocycles. The van der Waals surface area contributed by atoms with Crippen LogP contribution >= 0.6 is 0 Å². The van der Waals surface area contributed by atoms with Crippen LogP contribution < -0.4 is 0 Å². The monoisotopic (exact) mass is 298 g/mol. The summed E-state index contributed by atoms with van der Waals surface area (Å²) in [6.45, 7) is 4.30. The fourth-order valence-corrected chi connectivity index (χ4v) is 1.86. The third-order valence-corrected chi connectivity index (χ3v) is 2.78. The van der Waals surface area contributed by atoms with Gasteiger partial charge in [0.2, 0.25) is 0 Å². The molecule has 0 aromatic heterocycles. The van der Waals surface area contributed by atoms with E-state index in [9.17, 15) is 0 Å². The molecule has 0 bridgehead atoms. The van der Waals surface area contributed by atoms with Gasteiger partial charge in [0.15, 0.2) is 0 Å². The first-order chi connectivity index (χ1) is 7.77. The summed E-state index contributed by atoms with van der Waals surface area (Å²) in [6.07, 6.45) is 15.4. The Morgan fingerprint density at radius 1 is 1.29 bits per heavy atom. The van der Waals surface area contributed by atoms with Crippen LogP contribution in [0.1, 0.15) is 36.0 Å². The zero-order chi connectivity index (χ0) is 11.4. The van der Waals surface area contributed by atoms with Gasteiger partial charge in [0.25, 0.3) is 0 Å². The van der Waals surface area contributed by atoms with Gasteiger partial charge < -0.3 is 0 Å². The van der Waals surface area contributed by atoms with Crippen LogP contribution in [-0.2, 0) is 26.2 Å². The Bertz CT molecular complexity index is 443. The number of rotatable bonds is 0. The van der Waals surface area contributed by atoms with E-state index in [1.807, 2.05) is 12.2 Å². The van der Waals surface area contributed by atoms with Gasteiger partial charge in [-0.1, -0.05) is 30.5 Å². The molecule has 1 atom stereocenters. The van der Waals surface area contributed by atoms with Gasteiger partial charge in [-0.05, 0) is 6.92 Å². The quantitative estimate of drug-likeness (QED) is 0.629. The second-order valence-corrected chi connectivity index (χ2v) is 4.17. The van der Waals surface area contributed by atoms with Crippen LogP contribution in [0.15, 0.2) is 36.4 Å². The molecule has 2 aliphatic carbocycles. The minimum Gasteiger partial charge on any atom is -0.273 e. The molecule has 0 fully saturated rings. The Hall–Kier alpha value is -0.677. The molecule has 1 heteroatoms. The van der Waals surface area contributed by atoms with Crippen molar-refractivity contribution >= 4 is 6.08 Å². The van der Waals surface area contributed by atoms with Crippen molar-refractivity contribution in [3.8, 4) is 0 Å². The largest absolute Gasteiger partial charge is 2.00 e. The summed E-state index contributed by atoms with van der Waals surface area (Å²) in [5.74, 6) is 0.491. The maximum Gasteiger partial charge on any atom is 2.00 e. The average molecular weight is 300 g/mol. The van der Waals surface area contributed by atoms with E-state index in [4.69, 9.17) is 0 Å². The summed E-state index contributed by atoms with van der Waals surface area (Å²) in [7, 11) is 0. The number of benzene rings is 1. The summed E-state index contributed by atoms with van der Waals surface area (Å²) >= 11 is 0. The Morgan fingerprint density at radius 2 is 2.12 bits per heavy atom. The van der Waals surface area contributed by atoms with Crippen molar-refractivity contribution in [2.75, 3.05) is 0 Å². The second kappa shape index (κ2) is 6.91. The van der Waals surface area contributed by atoms with E-state index in [1.165, 1.54) is 16.7 Å². The van der Waals surface area contributed by atoms with E-state index in [2.05, 4.69) is 56.4 Å². The first kappa shape index (κ1) is 14.4. The summed E-state index contributed by atoms with van der Waals surface area (Å²) in [6, 6.07) is 6.58. The van der Waals surface area contributed by atoms with Crippen molar-refractivity contribution in [1.29, 1.82) is 0 Å². The molecule has 0 saturated carbocycles. The van der Waals surface area contributed by atoms with E-state index < -0.39 is 0 Å². The Kier molecular flexibility index (Phi) is 5.85.